The molecule has 0 unspecified atom stereocenters. The number of pyridine rings is 1. The van der Waals surface area contributed by atoms with Gasteiger partial charge in [0.05, 0.1) is 21.5 Å². The minimum absolute atomic E-state index is 0.169. The number of carbonyl (C=O) groups is 1. The lowest BCUT2D eigenvalue weighted by atomic mass is 10.0. The van der Waals surface area contributed by atoms with E-state index < -0.39 is 0 Å². The second kappa shape index (κ2) is 10.5. The number of carbonyl (C=O) groups excluding carboxylic acids is 1. The first-order valence-corrected chi connectivity index (χ1v) is 12.9. The number of hydrogen-bond acceptors (Lipinski definition) is 5. The van der Waals surface area contributed by atoms with Gasteiger partial charge in [0.1, 0.15) is 11.3 Å². The number of hydrogen-bond donors (Lipinski definition) is 0. The van der Waals surface area contributed by atoms with Crippen LogP contribution in [0.5, 0.6) is 0 Å². The van der Waals surface area contributed by atoms with Gasteiger partial charge in [-0.3, -0.25) is 9.69 Å². The smallest absolute Gasteiger partial charge is 0.260 e. The summed E-state index contributed by atoms with van der Waals surface area (Å²) in [5, 5.41) is 1.27. The summed E-state index contributed by atoms with van der Waals surface area (Å²) in [6.45, 7) is 7.09. The minimum Gasteiger partial charge on any atom is -0.302 e. The number of anilines is 1. The Kier molecular flexibility index (Phi) is 7.02. The van der Waals surface area contributed by atoms with Crippen LogP contribution >= 0.6 is 11.3 Å². The third-order valence-electron chi connectivity index (χ3n) is 6.38. The van der Waals surface area contributed by atoms with Crippen molar-refractivity contribution in [1.82, 2.24) is 14.9 Å². The molecule has 7 heteroatoms. The van der Waals surface area contributed by atoms with Crippen LogP contribution in [-0.2, 0) is 0 Å². The molecule has 3 aromatic carbocycles. The number of amides is 1. The molecular weight excluding hydrogens is 471 g/mol. The molecule has 5 nitrogen and oxygen atoms in total. The Balaban J connectivity index is 1.63. The Morgan fingerprint density at radius 1 is 0.889 bits per heavy atom. The maximum absolute atomic E-state index is 14.5. The third kappa shape index (κ3) is 4.72. The number of fused-ring (bicyclic) bond motifs is 2. The Morgan fingerprint density at radius 2 is 1.64 bits per heavy atom. The van der Waals surface area contributed by atoms with Crippen LogP contribution in [0.15, 0.2) is 78.9 Å². The van der Waals surface area contributed by atoms with E-state index in [0.717, 1.165) is 39.9 Å². The lowest BCUT2D eigenvalue weighted by Crippen LogP contribution is -2.39. The largest absolute Gasteiger partial charge is 0.302 e. The number of thiazole rings is 1. The van der Waals surface area contributed by atoms with Gasteiger partial charge in [0.15, 0.2) is 5.13 Å². The van der Waals surface area contributed by atoms with Gasteiger partial charge in [0.2, 0.25) is 0 Å². The molecule has 36 heavy (non-hydrogen) atoms. The van der Waals surface area contributed by atoms with E-state index in [0.29, 0.717) is 29.3 Å². The van der Waals surface area contributed by atoms with Crippen LogP contribution in [0.2, 0.25) is 0 Å². The van der Waals surface area contributed by atoms with E-state index in [1.807, 2.05) is 66.7 Å². The van der Waals surface area contributed by atoms with E-state index in [9.17, 15) is 9.18 Å². The van der Waals surface area contributed by atoms with E-state index in [-0.39, 0.29) is 11.7 Å². The molecule has 182 valence electrons. The number of halogens is 1. The van der Waals surface area contributed by atoms with Crippen molar-refractivity contribution in [2.45, 2.75) is 13.8 Å². The van der Waals surface area contributed by atoms with Crippen molar-refractivity contribution in [3.63, 3.8) is 0 Å². The summed E-state index contributed by atoms with van der Waals surface area (Å²) in [5.74, 6) is -0.552. The predicted molar refractivity (Wildman–Crippen MR) is 146 cm³/mol. The molecule has 0 saturated carbocycles. The molecule has 0 spiro atoms. The van der Waals surface area contributed by atoms with Gasteiger partial charge < -0.3 is 4.90 Å². The first-order chi connectivity index (χ1) is 17.6. The fourth-order valence-corrected chi connectivity index (χ4v) is 5.34. The van der Waals surface area contributed by atoms with Crippen LogP contribution in [0.4, 0.5) is 9.52 Å². The van der Waals surface area contributed by atoms with Crippen LogP contribution in [0.25, 0.3) is 32.4 Å². The number of rotatable bonds is 8. The summed E-state index contributed by atoms with van der Waals surface area (Å²) >= 11 is 1.34. The zero-order valence-corrected chi connectivity index (χ0v) is 21.1. The maximum Gasteiger partial charge on any atom is 0.260 e. The van der Waals surface area contributed by atoms with Gasteiger partial charge in [-0.05, 0) is 37.4 Å². The molecule has 0 atom stereocenters. The molecule has 2 heterocycles. The van der Waals surface area contributed by atoms with E-state index in [1.54, 1.807) is 11.0 Å². The van der Waals surface area contributed by atoms with Gasteiger partial charge in [-0.25, -0.2) is 14.4 Å². The van der Waals surface area contributed by atoms with Crippen molar-refractivity contribution < 1.29 is 9.18 Å². The van der Waals surface area contributed by atoms with E-state index in [2.05, 4.69) is 23.7 Å². The summed E-state index contributed by atoms with van der Waals surface area (Å²) in [6.07, 6.45) is 0. The fraction of sp³-hybridized carbons (Fsp3) is 0.207. The summed E-state index contributed by atoms with van der Waals surface area (Å²) in [5.41, 5.74) is 3.27. The molecule has 1 amide bonds. The van der Waals surface area contributed by atoms with Gasteiger partial charge in [-0.1, -0.05) is 79.8 Å². The van der Waals surface area contributed by atoms with Gasteiger partial charge in [0.25, 0.3) is 5.91 Å². The molecule has 5 aromatic rings. The van der Waals surface area contributed by atoms with Gasteiger partial charge >= 0.3 is 0 Å². The zero-order chi connectivity index (χ0) is 25.1. The highest BCUT2D eigenvalue weighted by Gasteiger charge is 2.25. The Hall–Kier alpha value is -3.68. The highest BCUT2D eigenvalue weighted by Crippen LogP contribution is 2.33. The van der Waals surface area contributed by atoms with Crippen molar-refractivity contribution in [2.75, 3.05) is 31.1 Å². The molecule has 0 radical (unpaired) electrons. The lowest BCUT2D eigenvalue weighted by molar-refractivity contribution is 0.0985. The van der Waals surface area contributed by atoms with Crippen molar-refractivity contribution in [3.05, 3.63) is 90.2 Å². The highest BCUT2D eigenvalue weighted by molar-refractivity contribution is 7.22. The zero-order valence-electron chi connectivity index (χ0n) is 20.3. The second-order valence-electron chi connectivity index (χ2n) is 8.50. The van der Waals surface area contributed by atoms with Gasteiger partial charge in [0, 0.05) is 24.0 Å². The molecule has 0 saturated heterocycles. The highest BCUT2D eigenvalue weighted by atomic mass is 32.1. The van der Waals surface area contributed by atoms with Gasteiger partial charge in [-0.15, -0.1) is 0 Å². The fourth-order valence-electron chi connectivity index (χ4n) is 4.34. The molecule has 2 aromatic heterocycles. The molecule has 5 rings (SSSR count). The van der Waals surface area contributed by atoms with Crippen molar-refractivity contribution >= 4 is 43.5 Å². The third-order valence-corrected chi connectivity index (χ3v) is 7.43. The molecular formula is C29H27FN4OS. The number of likely N-dealkylation sites (N-methyl/N-ethyl adjacent to an activating group) is 1. The lowest BCUT2D eigenvalue weighted by Gasteiger charge is -2.25. The molecule has 0 aliphatic carbocycles. The minimum atomic E-state index is -0.383. The number of aromatic nitrogens is 2. The summed E-state index contributed by atoms with van der Waals surface area (Å²) in [7, 11) is 0. The van der Waals surface area contributed by atoms with Crippen molar-refractivity contribution in [2.24, 2.45) is 0 Å². The molecule has 0 aliphatic rings. The van der Waals surface area contributed by atoms with Crippen LogP contribution in [0.1, 0.15) is 24.2 Å². The average Bonchev–Trinajstić information content (AvgIpc) is 3.36. The quantitative estimate of drug-likeness (QED) is 0.241. The Labute approximate surface area is 213 Å². The summed E-state index contributed by atoms with van der Waals surface area (Å²) in [6, 6.07) is 24.3. The van der Waals surface area contributed by atoms with Crippen LogP contribution in [0, 0.1) is 5.82 Å². The molecule has 0 N–H and O–H groups in total. The Bertz CT molecular complexity index is 1510. The molecule has 0 bridgehead atoms. The number of benzene rings is 3. The van der Waals surface area contributed by atoms with E-state index >= 15 is 0 Å². The summed E-state index contributed by atoms with van der Waals surface area (Å²) < 4.78 is 15.2. The maximum atomic E-state index is 14.5. The van der Waals surface area contributed by atoms with Gasteiger partial charge in [-0.2, -0.15) is 0 Å². The van der Waals surface area contributed by atoms with Crippen molar-refractivity contribution in [1.29, 1.82) is 0 Å². The first-order valence-electron chi connectivity index (χ1n) is 12.1. The second-order valence-corrected chi connectivity index (χ2v) is 9.51. The SMILES string of the molecule is CCN(CC)CCN(C(=O)c1cc(-c2ccccc2)nc2ccccc12)c1nc2c(F)cccc2s1. The molecule has 0 fully saturated rings. The molecule has 0 aliphatic heterocycles. The average molecular weight is 499 g/mol. The summed E-state index contributed by atoms with van der Waals surface area (Å²) in [4.78, 5) is 27.6. The number of nitrogens with zero attached hydrogens (tertiary/aromatic N) is 4. The normalized spacial score (nSPS) is 11.4. The monoisotopic (exact) mass is 498 g/mol. The number of para-hydroxylation sites is 2. The van der Waals surface area contributed by atoms with Crippen molar-refractivity contribution in [3.8, 4) is 11.3 Å². The van der Waals surface area contributed by atoms with E-state index in [4.69, 9.17) is 4.98 Å². The standard InChI is InChI=1S/C29H27FN4OS/c1-3-33(4-2)17-18-34(29-32-27-23(30)14-10-16-26(27)36-29)28(35)22-19-25(20-11-6-5-7-12-20)31-24-15-9-8-13-21(22)24/h5-16,19H,3-4,17-18H2,1-2H3. The topological polar surface area (TPSA) is 49.3 Å². The Morgan fingerprint density at radius 3 is 2.39 bits per heavy atom. The van der Waals surface area contributed by atoms with E-state index in [1.165, 1.54) is 17.4 Å². The van der Waals surface area contributed by atoms with Crippen LogP contribution < -0.4 is 4.90 Å². The van der Waals surface area contributed by atoms with Crippen LogP contribution in [0.3, 0.4) is 0 Å². The first kappa shape index (κ1) is 24.0. The predicted octanol–water partition coefficient (Wildman–Crippen LogP) is 6.64. The van der Waals surface area contributed by atoms with Crippen LogP contribution in [-0.4, -0.2) is 47.0 Å².